The van der Waals surface area contributed by atoms with Gasteiger partial charge >= 0.3 is 12.1 Å². The van der Waals surface area contributed by atoms with Crippen molar-refractivity contribution in [2.24, 2.45) is 0 Å². The zero-order valence-corrected chi connectivity index (χ0v) is 22.0. The lowest BCUT2D eigenvalue weighted by atomic mass is 9.95. The standard InChI is InChI=1S/C27H33FN6O5/c1-38-21-6-3-2-5-20(21)34-10-7-19-22(24(34)35)29-25(30-23(19)31-11-13-32(14-12-31)26(36)37)39-17-27-8-4-9-33(27)16-18(28)15-27/h2-3,5-6,18H,4,7-17H2,1H3,(H,36,37)/t18-,27+/m1/s1. The van der Waals surface area contributed by atoms with Crippen LogP contribution in [0.15, 0.2) is 24.3 Å². The molecule has 1 aromatic carbocycles. The van der Waals surface area contributed by atoms with Gasteiger partial charge in [0.2, 0.25) is 0 Å². The van der Waals surface area contributed by atoms with Crippen LogP contribution in [0.2, 0.25) is 0 Å². The minimum atomic E-state index is -0.950. The van der Waals surface area contributed by atoms with Crippen LogP contribution in [0.25, 0.3) is 0 Å². The summed E-state index contributed by atoms with van der Waals surface area (Å²) in [6, 6.07) is 7.45. The molecule has 1 aromatic heterocycles. The zero-order chi connectivity index (χ0) is 27.1. The van der Waals surface area contributed by atoms with Gasteiger partial charge in [0.25, 0.3) is 5.91 Å². The Morgan fingerprint density at radius 3 is 2.72 bits per heavy atom. The molecule has 0 bridgehead atoms. The number of rotatable bonds is 6. The van der Waals surface area contributed by atoms with Crippen molar-refractivity contribution in [1.82, 2.24) is 19.8 Å². The molecule has 0 spiro atoms. The van der Waals surface area contributed by atoms with E-state index in [0.717, 1.165) is 24.9 Å². The topological polar surface area (TPSA) is 112 Å². The van der Waals surface area contributed by atoms with Crippen LogP contribution in [0.5, 0.6) is 11.8 Å². The van der Waals surface area contributed by atoms with E-state index in [1.165, 1.54) is 4.90 Å². The van der Waals surface area contributed by atoms with Crippen molar-refractivity contribution in [2.75, 3.05) is 69.3 Å². The normalized spacial score (nSPS) is 25.0. The van der Waals surface area contributed by atoms with Crippen LogP contribution >= 0.6 is 0 Å². The number of piperazine rings is 1. The average molecular weight is 541 g/mol. The molecule has 5 heterocycles. The Bertz CT molecular complexity index is 1270. The summed E-state index contributed by atoms with van der Waals surface area (Å²) in [6.45, 7) is 3.50. The second kappa shape index (κ2) is 10.1. The number of carbonyl (C=O) groups is 2. The molecule has 4 aliphatic heterocycles. The maximum atomic E-state index is 14.3. The number of methoxy groups -OCH3 is 1. The second-order valence-corrected chi connectivity index (χ2v) is 10.7. The number of halogens is 1. The largest absolute Gasteiger partial charge is 0.495 e. The highest BCUT2D eigenvalue weighted by Gasteiger charge is 2.49. The van der Waals surface area contributed by atoms with Gasteiger partial charge in [-0.15, -0.1) is 0 Å². The number of benzene rings is 1. The maximum Gasteiger partial charge on any atom is 0.407 e. The molecule has 0 saturated carbocycles. The molecule has 1 N–H and O–H groups in total. The van der Waals surface area contributed by atoms with Crippen molar-refractivity contribution in [1.29, 1.82) is 0 Å². The van der Waals surface area contributed by atoms with Gasteiger partial charge in [0, 0.05) is 51.3 Å². The molecule has 0 unspecified atom stereocenters. The fraction of sp³-hybridized carbons (Fsp3) is 0.556. The predicted octanol–water partition coefficient (Wildman–Crippen LogP) is 2.44. The summed E-state index contributed by atoms with van der Waals surface area (Å²) in [5.41, 5.74) is 1.28. The Balaban J connectivity index is 1.33. The highest BCUT2D eigenvalue weighted by Crippen LogP contribution is 2.41. The number of anilines is 2. The van der Waals surface area contributed by atoms with Gasteiger partial charge in [-0.25, -0.2) is 9.18 Å². The summed E-state index contributed by atoms with van der Waals surface area (Å²) < 4.78 is 26.0. The van der Waals surface area contributed by atoms with E-state index in [9.17, 15) is 19.1 Å². The Morgan fingerprint density at radius 1 is 1.15 bits per heavy atom. The molecule has 2 atom stereocenters. The number of ether oxygens (including phenoxy) is 2. The molecule has 2 amide bonds. The molecule has 39 heavy (non-hydrogen) atoms. The Hall–Kier alpha value is -3.67. The van der Waals surface area contributed by atoms with Crippen LogP contribution in [-0.4, -0.2) is 108 Å². The molecule has 0 radical (unpaired) electrons. The maximum absolute atomic E-state index is 14.3. The van der Waals surface area contributed by atoms with E-state index in [1.54, 1.807) is 12.0 Å². The van der Waals surface area contributed by atoms with Crippen LogP contribution in [0.4, 0.5) is 20.7 Å². The van der Waals surface area contributed by atoms with Crippen molar-refractivity contribution in [3.63, 3.8) is 0 Å². The Labute approximate surface area is 226 Å². The molecule has 11 nitrogen and oxygen atoms in total. The monoisotopic (exact) mass is 540 g/mol. The molecule has 2 aromatic rings. The van der Waals surface area contributed by atoms with Crippen molar-refractivity contribution in [3.8, 4) is 11.8 Å². The van der Waals surface area contributed by atoms with E-state index in [-0.39, 0.29) is 29.8 Å². The van der Waals surface area contributed by atoms with Crippen LogP contribution in [0.1, 0.15) is 35.3 Å². The molecule has 3 fully saturated rings. The summed E-state index contributed by atoms with van der Waals surface area (Å²) in [7, 11) is 1.57. The highest BCUT2D eigenvalue weighted by molar-refractivity contribution is 6.08. The van der Waals surface area contributed by atoms with Gasteiger partial charge in [-0.05, 0) is 37.9 Å². The highest BCUT2D eigenvalue weighted by atomic mass is 19.1. The number of alkyl halides is 1. The summed E-state index contributed by atoms with van der Waals surface area (Å²) in [5.74, 6) is 0.916. The van der Waals surface area contributed by atoms with Crippen molar-refractivity contribution in [2.45, 2.75) is 37.4 Å². The van der Waals surface area contributed by atoms with Gasteiger partial charge in [-0.1, -0.05) is 12.1 Å². The first-order valence-electron chi connectivity index (χ1n) is 13.5. The number of nitrogens with zero attached hydrogens (tertiary/aromatic N) is 6. The summed E-state index contributed by atoms with van der Waals surface area (Å²) in [6.07, 6.45) is 0.956. The zero-order valence-electron chi connectivity index (χ0n) is 22.0. The van der Waals surface area contributed by atoms with Gasteiger partial charge in [0.1, 0.15) is 30.0 Å². The van der Waals surface area contributed by atoms with Gasteiger partial charge in [0.15, 0.2) is 0 Å². The molecule has 12 heteroatoms. The first-order valence-corrected chi connectivity index (χ1v) is 13.5. The van der Waals surface area contributed by atoms with Crippen molar-refractivity contribution < 1.29 is 28.6 Å². The number of hydrogen-bond donors (Lipinski definition) is 1. The Kier molecular flexibility index (Phi) is 6.66. The van der Waals surface area contributed by atoms with Crippen LogP contribution in [-0.2, 0) is 6.42 Å². The van der Waals surface area contributed by atoms with Gasteiger partial charge in [-0.3, -0.25) is 9.69 Å². The molecular weight excluding hydrogens is 507 g/mol. The first-order chi connectivity index (χ1) is 18.9. The number of hydrogen-bond acceptors (Lipinski definition) is 8. The lowest BCUT2D eigenvalue weighted by Gasteiger charge is -2.37. The van der Waals surface area contributed by atoms with Gasteiger partial charge in [0.05, 0.1) is 18.3 Å². The van der Waals surface area contributed by atoms with Gasteiger partial charge in [-0.2, -0.15) is 9.97 Å². The summed E-state index contributed by atoms with van der Waals surface area (Å²) in [4.78, 5) is 41.9. The number of carboxylic acid groups (broad SMARTS) is 1. The SMILES string of the molecule is COc1ccccc1N1CCc2c(nc(OC[C@@]34CCCN3C[C@H](F)C4)nc2N2CCN(C(=O)O)CC2)C1=O. The first kappa shape index (κ1) is 25.6. The third-order valence-corrected chi connectivity index (χ3v) is 8.45. The Morgan fingerprint density at radius 2 is 1.95 bits per heavy atom. The average Bonchev–Trinajstić information content (AvgIpc) is 3.47. The number of fused-ring (bicyclic) bond motifs is 2. The smallest absolute Gasteiger partial charge is 0.407 e. The lowest BCUT2D eigenvalue weighted by molar-refractivity contribution is 0.0962. The molecule has 208 valence electrons. The van der Waals surface area contributed by atoms with Crippen molar-refractivity contribution >= 4 is 23.5 Å². The fourth-order valence-electron chi connectivity index (χ4n) is 6.48. The van der Waals surface area contributed by atoms with Crippen LogP contribution < -0.4 is 19.3 Å². The van der Waals surface area contributed by atoms with E-state index in [2.05, 4.69) is 9.88 Å². The third kappa shape index (κ3) is 4.60. The lowest BCUT2D eigenvalue weighted by Crippen LogP contribution is -2.49. The quantitative estimate of drug-likeness (QED) is 0.591. The van der Waals surface area contributed by atoms with E-state index in [1.807, 2.05) is 29.2 Å². The van der Waals surface area contributed by atoms with E-state index in [0.29, 0.717) is 69.4 Å². The van der Waals surface area contributed by atoms with Crippen molar-refractivity contribution in [3.05, 3.63) is 35.5 Å². The minimum Gasteiger partial charge on any atom is -0.495 e. The molecule has 6 rings (SSSR count). The second-order valence-electron chi connectivity index (χ2n) is 10.7. The fourth-order valence-corrected chi connectivity index (χ4v) is 6.48. The molecule has 0 aliphatic carbocycles. The number of carbonyl (C=O) groups excluding carboxylic acids is 1. The van der Waals surface area contributed by atoms with E-state index in [4.69, 9.17) is 14.5 Å². The summed E-state index contributed by atoms with van der Waals surface area (Å²) >= 11 is 0. The van der Waals surface area contributed by atoms with E-state index < -0.39 is 12.3 Å². The summed E-state index contributed by atoms with van der Waals surface area (Å²) in [5, 5.41) is 9.38. The third-order valence-electron chi connectivity index (χ3n) is 8.45. The van der Waals surface area contributed by atoms with Crippen LogP contribution in [0, 0.1) is 0 Å². The van der Waals surface area contributed by atoms with E-state index >= 15 is 0 Å². The number of para-hydroxylation sites is 2. The molecular formula is C27H33FN6O5. The minimum absolute atomic E-state index is 0.0863. The molecule has 3 saturated heterocycles. The predicted molar refractivity (Wildman–Crippen MR) is 141 cm³/mol. The molecule has 4 aliphatic rings. The number of aromatic nitrogens is 2. The number of amides is 2. The van der Waals surface area contributed by atoms with Crippen LogP contribution in [0.3, 0.4) is 0 Å². The van der Waals surface area contributed by atoms with Gasteiger partial charge < -0.3 is 29.3 Å².